The minimum absolute atomic E-state index is 0.727. The molecule has 3 heteroatoms. The summed E-state index contributed by atoms with van der Waals surface area (Å²) in [5.74, 6) is 0.899. The largest absolute Gasteiger partial charge is 0.380 e. The molecule has 2 fully saturated rings. The fourth-order valence-corrected chi connectivity index (χ4v) is 2.46. The van der Waals surface area contributed by atoms with Gasteiger partial charge in [0.05, 0.1) is 6.61 Å². The summed E-state index contributed by atoms with van der Waals surface area (Å²) in [6.07, 6.45) is 6.62. The summed E-state index contributed by atoms with van der Waals surface area (Å²) in [5, 5.41) is 3.62. The number of hydrogen-bond acceptors (Lipinski definition) is 3. The predicted octanol–water partition coefficient (Wildman–Crippen LogP) is 1.88. The average molecular weight is 240 g/mol. The molecule has 0 aromatic rings. The van der Waals surface area contributed by atoms with Crippen LogP contribution in [0.15, 0.2) is 0 Å². The lowest BCUT2D eigenvalue weighted by Gasteiger charge is -2.28. The van der Waals surface area contributed by atoms with Crippen molar-refractivity contribution in [2.45, 2.75) is 45.1 Å². The van der Waals surface area contributed by atoms with E-state index in [9.17, 15) is 0 Å². The molecule has 1 saturated carbocycles. The van der Waals surface area contributed by atoms with E-state index in [4.69, 9.17) is 4.74 Å². The summed E-state index contributed by atoms with van der Waals surface area (Å²) < 4.78 is 5.73. The molecule has 1 heterocycles. The third kappa shape index (κ3) is 5.36. The van der Waals surface area contributed by atoms with E-state index in [2.05, 4.69) is 17.1 Å². The summed E-state index contributed by atoms with van der Waals surface area (Å²) in [6, 6.07) is 0.727. The molecule has 1 saturated heterocycles. The van der Waals surface area contributed by atoms with E-state index >= 15 is 0 Å². The van der Waals surface area contributed by atoms with Gasteiger partial charge in [-0.2, -0.15) is 0 Å². The number of ether oxygens (including phenoxy) is 1. The lowest BCUT2D eigenvalue weighted by atomic mass is 10.1. The second-order valence-corrected chi connectivity index (χ2v) is 5.56. The maximum absolute atomic E-state index is 5.73. The molecule has 1 atom stereocenters. The van der Waals surface area contributed by atoms with Crippen LogP contribution >= 0.6 is 0 Å². The molecule has 100 valence electrons. The standard InChI is InChI=1S/C14H28N2O/c1-2-14-6-9-16(8-3-7-15-14)10-11-17-12-13-4-5-13/h13-15H,2-12H2,1H3. The average Bonchev–Trinajstić information content (AvgIpc) is 3.11. The number of hydrogen-bond donors (Lipinski definition) is 1. The predicted molar refractivity (Wildman–Crippen MR) is 71.3 cm³/mol. The van der Waals surface area contributed by atoms with Crippen molar-refractivity contribution in [1.29, 1.82) is 0 Å². The number of nitrogens with one attached hydrogen (secondary N) is 1. The van der Waals surface area contributed by atoms with E-state index in [0.717, 1.165) is 31.7 Å². The Bertz CT molecular complexity index is 206. The van der Waals surface area contributed by atoms with Crippen molar-refractivity contribution in [2.24, 2.45) is 5.92 Å². The van der Waals surface area contributed by atoms with E-state index in [1.165, 1.54) is 51.7 Å². The molecule has 3 nitrogen and oxygen atoms in total. The SMILES string of the molecule is CCC1CCN(CCOCC2CC2)CCCN1. The quantitative estimate of drug-likeness (QED) is 0.717. The Balaban J connectivity index is 1.57. The van der Waals surface area contributed by atoms with Gasteiger partial charge in [0.2, 0.25) is 0 Å². The first-order chi connectivity index (χ1) is 8.38. The molecule has 2 aliphatic rings. The van der Waals surface area contributed by atoms with E-state index in [1.807, 2.05) is 0 Å². The van der Waals surface area contributed by atoms with Crippen LogP contribution in [0.5, 0.6) is 0 Å². The smallest absolute Gasteiger partial charge is 0.0593 e. The molecule has 1 aliphatic heterocycles. The molecule has 0 radical (unpaired) electrons. The molecule has 0 amide bonds. The first-order valence-corrected chi connectivity index (χ1v) is 7.42. The highest BCUT2D eigenvalue weighted by molar-refractivity contribution is 4.73. The molecular formula is C14H28N2O. The molecule has 17 heavy (non-hydrogen) atoms. The van der Waals surface area contributed by atoms with Gasteiger partial charge < -0.3 is 15.0 Å². The maximum Gasteiger partial charge on any atom is 0.0593 e. The molecule has 0 aromatic heterocycles. The monoisotopic (exact) mass is 240 g/mol. The summed E-state index contributed by atoms with van der Waals surface area (Å²) in [5.41, 5.74) is 0. The van der Waals surface area contributed by atoms with Crippen molar-refractivity contribution in [1.82, 2.24) is 10.2 Å². The molecular weight excluding hydrogens is 212 g/mol. The molecule has 0 aromatic carbocycles. The van der Waals surface area contributed by atoms with Gasteiger partial charge in [-0.15, -0.1) is 0 Å². The molecule has 1 N–H and O–H groups in total. The number of nitrogens with zero attached hydrogens (tertiary/aromatic N) is 1. The van der Waals surface area contributed by atoms with Crippen molar-refractivity contribution < 1.29 is 4.74 Å². The van der Waals surface area contributed by atoms with Crippen LogP contribution in [0.1, 0.15) is 39.0 Å². The zero-order valence-electron chi connectivity index (χ0n) is 11.3. The van der Waals surface area contributed by atoms with Gasteiger partial charge in [-0.1, -0.05) is 6.92 Å². The molecule has 1 aliphatic carbocycles. The van der Waals surface area contributed by atoms with E-state index in [-0.39, 0.29) is 0 Å². The van der Waals surface area contributed by atoms with Crippen molar-refractivity contribution >= 4 is 0 Å². The highest BCUT2D eigenvalue weighted by atomic mass is 16.5. The molecule has 2 rings (SSSR count). The van der Waals surface area contributed by atoms with Crippen LogP contribution < -0.4 is 5.32 Å². The Hall–Kier alpha value is -0.120. The van der Waals surface area contributed by atoms with Gasteiger partial charge in [-0.25, -0.2) is 0 Å². The summed E-state index contributed by atoms with van der Waals surface area (Å²) in [4.78, 5) is 2.58. The van der Waals surface area contributed by atoms with Crippen LogP contribution in [0.3, 0.4) is 0 Å². The zero-order chi connectivity index (χ0) is 11.9. The lowest BCUT2D eigenvalue weighted by Crippen LogP contribution is -2.40. The Kier molecular flexibility index (Phi) is 5.75. The van der Waals surface area contributed by atoms with Crippen molar-refractivity contribution in [3.63, 3.8) is 0 Å². The third-order valence-corrected chi connectivity index (χ3v) is 3.97. The van der Waals surface area contributed by atoms with Crippen LogP contribution in [0.25, 0.3) is 0 Å². The fourth-order valence-electron chi connectivity index (χ4n) is 2.46. The Labute approximate surface area is 106 Å². The topological polar surface area (TPSA) is 24.5 Å². The van der Waals surface area contributed by atoms with Gasteiger partial charge in [0.1, 0.15) is 0 Å². The van der Waals surface area contributed by atoms with Crippen molar-refractivity contribution in [2.75, 3.05) is 39.4 Å². The number of rotatable bonds is 6. The van der Waals surface area contributed by atoms with Crippen LogP contribution in [0.4, 0.5) is 0 Å². The van der Waals surface area contributed by atoms with E-state index < -0.39 is 0 Å². The van der Waals surface area contributed by atoms with E-state index in [1.54, 1.807) is 0 Å². The maximum atomic E-state index is 5.73. The zero-order valence-corrected chi connectivity index (χ0v) is 11.3. The molecule has 1 unspecified atom stereocenters. The molecule has 0 bridgehead atoms. The normalized spacial score (nSPS) is 27.7. The highest BCUT2D eigenvalue weighted by Crippen LogP contribution is 2.28. The van der Waals surface area contributed by atoms with Crippen molar-refractivity contribution in [3.05, 3.63) is 0 Å². The van der Waals surface area contributed by atoms with Crippen LogP contribution in [0, 0.1) is 5.92 Å². The van der Waals surface area contributed by atoms with Gasteiger partial charge >= 0.3 is 0 Å². The summed E-state index contributed by atoms with van der Waals surface area (Å²) in [6.45, 7) is 8.99. The second-order valence-electron chi connectivity index (χ2n) is 5.56. The van der Waals surface area contributed by atoms with Crippen LogP contribution in [-0.4, -0.2) is 50.3 Å². The van der Waals surface area contributed by atoms with E-state index in [0.29, 0.717) is 0 Å². The van der Waals surface area contributed by atoms with Crippen LogP contribution in [0.2, 0.25) is 0 Å². The van der Waals surface area contributed by atoms with Gasteiger partial charge in [0.25, 0.3) is 0 Å². The minimum atomic E-state index is 0.727. The Morgan fingerprint density at radius 2 is 2.12 bits per heavy atom. The fraction of sp³-hybridized carbons (Fsp3) is 1.00. The second kappa shape index (κ2) is 7.34. The van der Waals surface area contributed by atoms with Gasteiger partial charge in [0.15, 0.2) is 0 Å². The van der Waals surface area contributed by atoms with Crippen molar-refractivity contribution in [3.8, 4) is 0 Å². The highest BCUT2D eigenvalue weighted by Gasteiger charge is 2.21. The van der Waals surface area contributed by atoms with Gasteiger partial charge in [-0.3, -0.25) is 0 Å². The first kappa shape index (κ1) is 13.3. The Morgan fingerprint density at radius 3 is 2.88 bits per heavy atom. The van der Waals surface area contributed by atoms with Crippen LogP contribution in [-0.2, 0) is 4.74 Å². The summed E-state index contributed by atoms with van der Waals surface area (Å²) in [7, 11) is 0. The molecule has 0 spiro atoms. The van der Waals surface area contributed by atoms with Gasteiger partial charge in [-0.05, 0) is 57.7 Å². The lowest BCUT2D eigenvalue weighted by molar-refractivity contribution is 0.0921. The third-order valence-electron chi connectivity index (χ3n) is 3.97. The minimum Gasteiger partial charge on any atom is -0.380 e. The van der Waals surface area contributed by atoms with Gasteiger partial charge in [0, 0.05) is 19.2 Å². The summed E-state index contributed by atoms with van der Waals surface area (Å²) >= 11 is 0. The first-order valence-electron chi connectivity index (χ1n) is 7.42. The Morgan fingerprint density at radius 1 is 1.24 bits per heavy atom.